The molecule has 0 radical (unpaired) electrons. The van der Waals surface area contributed by atoms with Crippen LogP contribution in [0.5, 0.6) is 5.75 Å². The highest BCUT2D eigenvalue weighted by atomic mass is 35.5. The largest absolute Gasteiger partial charge is 0.501 e. The molecule has 0 aliphatic carbocycles. The van der Waals surface area contributed by atoms with Gasteiger partial charge in [-0.25, -0.2) is 4.79 Å². The first-order valence-corrected chi connectivity index (χ1v) is 5.19. The molecule has 2 rings (SSSR count). The van der Waals surface area contributed by atoms with Gasteiger partial charge in [0, 0.05) is 11.6 Å². The normalized spacial score (nSPS) is 11.6. The molecule has 0 N–H and O–H groups in total. The number of aromatic nitrogens is 1. The van der Waals surface area contributed by atoms with E-state index in [0.29, 0.717) is 6.20 Å². The number of alkyl halides is 3. The molecule has 0 bridgehead atoms. The third-order valence-electron chi connectivity index (χ3n) is 2.27. The van der Waals surface area contributed by atoms with Crippen molar-refractivity contribution in [2.45, 2.75) is 6.18 Å². The van der Waals surface area contributed by atoms with Gasteiger partial charge in [-0.3, -0.25) is 4.98 Å². The fourth-order valence-electron chi connectivity index (χ4n) is 1.48. The van der Waals surface area contributed by atoms with Gasteiger partial charge in [0.15, 0.2) is 5.75 Å². The molecule has 0 aliphatic rings. The quantitative estimate of drug-likeness (QED) is 0.579. The van der Waals surface area contributed by atoms with E-state index in [1.807, 2.05) is 0 Å². The molecule has 1 aromatic heterocycles. The lowest BCUT2D eigenvalue weighted by atomic mass is 10.1. The van der Waals surface area contributed by atoms with Crippen LogP contribution < -0.4 is 4.74 Å². The number of rotatable bonds is 1. The van der Waals surface area contributed by atoms with Gasteiger partial charge in [-0.15, -0.1) is 4.39 Å². The van der Waals surface area contributed by atoms with Gasteiger partial charge in [-0.05, 0) is 12.1 Å². The van der Waals surface area contributed by atoms with Crippen LogP contribution in [-0.2, 0) is 6.18 Å². The molecular formula is C11H4ClF4NO2. The van der Waals surface area contributed by atoms with Crippen LogP contribution in [0, 0.1) is 0 Å². The molecule has 0 fully saturated rings. The van der Waals surface area contributed by atoms with E-state index in [-0.39, 0.29) is 15.9 Å². The Labute approximate surface area is 108 Å². The van der Waals surface area contributed by atoms with Crippen LogP contribution in [0.15, 0.2) is 24.4 Å². The first kappa shape index (κ1) is 13.5. The van der Waals surface area contributed by atoms with Crippen molar-refractivity contribution in [1.82, 2.24) is 4.98 Å². The van der Waals surface area contributed by atoms with Gasteiger partial charge >= 0.3 is 12.4 Å². The first-order valence-electron chi connectivity index (χ1n) is 4.82. The standard InChI is InChI=1S/C11H4ClF4NO2/c12-7-2-1-5-3-6(11(14,15)16)4-17-8(5)9(7)19-10(13)18/h1-4H. The molecule has 19 heavy (non-hydrogen) atoms. The Morgan fingerprint density at radius 2 is 2.00 bits per heavy atom. The van der Waals surface area contributed by atoms with Crippen LogP contribution in [0.1, 0.15) is 5.56 Å². The van der Waals surface area contributed by atoms with Gasteiger partial charge in [0.05, 0.1) is 10.6 Å². The Balaban J connectivity index is 2.64. The van der Waals surface area contributed by atoms with E-state index in [1.54, 1.807) is 0 Å². The lowest BCUT2D eigenvalue weighted by Crippen LogP contribution is -2.06. The van der Waals surface area contributed by atoms with Crippen molar-refractivity contribution in [3.8, 4) is 5.75 Å². The summed E-state index contributed by atoms with van der Waals surface area (Å²) in [4.78, 5) is 13.8. The SMILES string of the molecule is O=C(F)Oc1c(Cl)ccc2cc(C(F)(F)F)cnc12. The van der Waals surface area contributed by atoms with Crippen LogP contribution in [0.4, 0.5) is 22.4 Å². The molecule has 2 aromatic rings. The molecule has 100 valence electrons. The molecule has 3 nitrogen and oxygen atoms in total. The third kappa shape index (κ3) is 2.76. The maximum Gasteiger partial charge on any atom is 0.501 e. The number of hydrogen-bond acceptors (Lipinski definition) is 3. The smallest absolute Gasteiger partial charge is 0.397 e. The topological polar surface area (TPSA) is 39.2 Å². The van der Waals surface area contributed by atoms with Gasteiger partial charge in [-0.1, -0.05) is 17.7 Å². The predicted molar refractivity (Wildman–Crippen MR) is 58.9 cm³/mol. The Morgan fingerprint density at radius 3 is 2.58 bits per heavy atom. The monoisotopic (exact) mass is 293 g/mol. The van der Waals surface area contributed by atoms with E-state index in [4.69, 9.17) is 11.6 Å². The van der Waals surface area contributed by atoms with Crippen molar-refractivity contribution in [3.63, 3.8) is 0 Å². The molecule has 0 atom stereocenters. The van der Waals surface area contributed by atoms with Gasteiger partial charge in [0.25, 0.3) is 0 Å². The third-order valence-corrected chi connectivity index (χ3v) is 2.57. The molecular weight excluding hydrogens is 290 g/mol. The van der Waals surface area contributed by atoms with Gasteiger partial charge < -0.3 is 4.74 Å². The highest BCUT2D eigenvalue weighted by molar-refractivity contribution is 6.33. The van der Waals surface area contributed by atoms with Crippen LogP contribution >= 0.6 is 11.6 Å². The minimum absolute atomic E-state index is 0.0236. The number of halogens is 5. The molecule has 0 aliphatic heterocycles. The molecule has 1 heterocycles. The Morgan fingerprint density at radius 1 is 1.32 bits per heavy atom. The number of ether oxygens (including phenoxy) is 1. The second kappa shape index (κ2) is 4.65. The number of carbonyl (C=O) groups is 1. The average Bonchev–Trinajstić information content (AvgIpc) is 2.30. The lowest BCUT2D eigenvalue weighted by molar-refractivity contribution is -0.137. The molecule has 1 aromatic carbocycles. The zero-order valence-corrected chi connectivity index (χ0v) is 9.72. The van der Waals surface area contributed by atoms with Crippen molar-refractivity contribution < 1.29 is 27.1 Å². The van der Waals surface area contributed by atoms with Crippen molar-refractivity contribution in [1.29, 1.82) is 0 Å². The zero-order valence-electron chi connectivity index (χ0n) is 8.96. The van der Waals surface area contributed by atoms with Crippen LogP contribution in [0.3, 0.4) is 0 Å². The molecule has 0 unspecified atom stereocenters. The number of pyridine rings is 1. The Bertz CT molecular complexity index is 657. The number of nitrogens with zero attached hydrogens (tertiary/aromatic N) is 1. The second-order valence-corrected chi connectivity index (χ2v) is 3.92. The summed E-state index contributed by atoms with van der Waals surface area (Å²) in [6.45, 7) is 0. The second-order valence-electron chi connectivity index (χ2n) is 3.51. The summed E-state index contributed by atoms with van der Waals surface area (Å²) in [5, 5.41) is -0.110. The summed E-state index contributed by atoms with van der Waals surface area (Å²) >= 11 is 5.67. The number of hydrogen-bond donors (Lipinski definition) is 0. The minimum atomic E-state index is -4.56. The highest BCUT2D eigenvalue weighted by Gasteiger charge is 2.31. The van der Waals surface area contributed by atoms with E-state index in [9.17, 15) is 22.4 Å². The van der Waals surface area contributed by atoms with Gasteiger partial charge in [0.1, 0.15) is 5.52 Å². The number of fused-ring (bicyclic) bond motifs is 1. The minimum Gasteiger partial charge on any atom is -0.397 e. The Hall–Kier alpha value is -1.89. The Kier molecular flexibility index (Phi) is 3.32. The molecule has 0 saturated carbocycles. The lowest BCUT2D eigenvalue weighted by Gasteiger charge is -2.09. The maximum absolute atomic E-state index is 12.5. The number of carbonyl (C=O) groups excluding carboxylic acids is 1. The van der Waals surface area contributed by atoms with Gasteiger partial charge in [-0.2, -0.15) is 13.2 Å². The van der Waals surface area contributed by atoms with Crippen molar-refractivity contribution >= 4 is 28.7 Å². The predicted octanol–water partition coefficient (Wildman–Crippen LogP) is 4.38. The van der Waals surface area contributed by atoms with Crippen LogP contribution in [0.25, 0.3) is 10.9 Å². The van der Waals surface area contributed by atoms with E-state index < -0.39 is 23.7 Å². The molecule has 8 heteroatoms. The summed E-state index contributed by atoms with van der Waals surface area (Å²) in [6.07, 6.45) is -6.14. The van der Waals surface area contributed by atoms with E-state index >= 15 is 0 Å². The molecule has 0 spiro atoms. The maximum atomic E-state index is 12.5. The summed E-state index contributed by atoms with van der Waals surface area (Å²) in [5.41, 5.74) is -1.11. The average molecular weight is 294 g/mol. The zero-order chi connectivity index (χ0) is 14.2. The molecule has 0 amide bonds. The van der Waals surface area contributed by atoms with Crippen molar-refractivity contribution in [3.05, 3.63) is 35.0 Å². The van der Waals surface area contributed by atoms with Crippen LogP contribution in [-0.4, -0.2) is 11.2 Å². The van der Waals surface area contributed by atoms with Crippen LogP contribution in [0.2, 0.25) is 5.02 Å². The summed E-state index contributed by atoms with van der Waals surface area (Å²) in [7, 11) is 0. The van der Waals surface area contributed by atoms with E-state index in [1.165, 1.54) is 12.1 Å². The van der Waals surface area contributed by atoms with E-state index in [0.717, 1.165) is 6.07 Å². The number of benzene rings is 1. The summed E-state index contributed by atoms with van der Waals surface area (Å²) in [6, 6.07) is 3.24. The van der Waals surface area contributed by atoms with Crippen molar-refractivity contribution in [2.75, 3.05) is 0 Å². The van der Waals surface area contributed by atoms with Crippen molar-refractivity contribution in [2.24, 2.45) is 0 Å². The molecule has 0 saturated heterocycles. The summed E-state index contributed by atoms with van der Waals surface area (Å²) < 4.78 is 53.9. The highest BCUT2D eigenvalue weighted by Crippen LogP contribution is 2.36. The van der Waals surface area contributed by atoms with Gasteiger partial charge in [0.2, 0.25) is 0 Å². The van der Waals surface area contributed by atoms with E-state index in [2.05, 4.69) is 9.72 Å². The first-order chi connectivity index (χ1) is 8.79. The summed E-state index contributed by atoms with van der Waals surface area (Å²) in [5.74, 6) is -0.416. The fraction of sp³-hybridized carbons (Fsp3) is 0.0909. The fourth-order valence-corrected chi connectivity index (χ4v) is 1.67.